The maximum atomic E-state index is 13.3. The van der Waals surface area contributed by atoms with Crippen LogP contribution in [-0.4, -0.2) is 101 Å². The van der Waals surface area contributed by atoms with E-state index in [0.717, 1.165) is 26.1 Å². The molecule has 158 valence electrons. The van der Waals surface area contributed by atoms with E-state index in [2.05, 4.69) is 49.3 Å². The fourth-order valence-corrected chi connectivity index (χ4v) is 5.20. The Morgan fingerprint density at radius 3 is 2.07 bits per heavy atom. The number of likely N-dealkylation sites (tertiary alicyclic amines) is 2. The Kier molecular flexibility index (Phi) is 5.65. The lowest BCUT2D eigenvalue weighted by atomic mass is 9.95. The van der Waals surface area contributed by atoms with Gasteiger partial charge < -0.3 is 0 Å². The molecule has 0 aromatic rings. The van der Waals surface area contributed by atoms with Crippen LogP contribution in [-0.2, 0) is 0 Å². The Morgan fingerprint density at radius 2 is 1.56 bits per heavy atom. The molecular formula is C20H37F3N4. The summed E-state index contributed by atoms with van der Waals surface area (Å²) in [5.74, 6) is 0. The van der Waals surface area contributed by atoms with E-state index in [0.29, 0.717) is 25.2 Å². The first kappa shape index (κ1) is 21.3. The molecule has 3 atom stereocenters. The van der Waals surface area contributed by atoms with Gasteiger partial charge in [-0.25, -0.2) is 0 Å². The maximum absolute atomic E-state index is 13.3. The summed E-state index contributed by atoms with van der Waals surface area (Å²) in [5, 5.41) is 0. The van der Waals surface area contributed by atoms with Crippen molar-refractivity contribution in [2.75, 3.05) is 46.3 Å². The van der Waals surface area contributed by atoms with Gasteiger partial charge in [0.05, 0.1) is 0 Å². The van der Waals surface area contributed by atoms with Gasteiger partial charge in [0.2, 0.25) is 0 Å². The molecule has 1 unspecified atom stereocenters. The minimum Gasteiger partial charge on any atom is -0.297 e. The molecule has 0 radical (unpaired) electrons. The lowest BCUT2D eigenvalue weighted by Gasteiger charge is -2.48. The number of alkyl halides is 3. The molecule has 3 aliphatic heterocycles. The summed E-state index contributed by atoms with van der Waals surface area (Å²) in [5.41, 5.74) is 0.00746. The van der Waals surface area contributed by atoms with Gasteiger partial charge in [-0.05, 0) is 54.5 Å². The third-order valence-corrected chi connectivity index (χ3v) is 7.11. The Hall–Kier alpha value is -0.370. The molecule has 3 heterocycles. The summed E-state index contributed by atoms with van der Waals surface area (Å²) in [4.78, 5) is 8.70. The van der Waals surface area contributed by atoms with Crippen LogP contribution in [0.4, 0.5) is 13.2 Å². The van der Waals surface area contributed by atoms with Gasteiger partial charge in [0.1, 0.15) is 6.04 Å². The van der Waals surface area contributed by atoms with E-state index in [1.54, 1.807) is 7.05 Å². The van der Waals surface area contributed by atoms with E-state index in [1.165, 1.54) is 11.3 Å². The average Bonchev–Trinajstić information content (AvgIpc) is 3.12. The molecule has 3 fully saturated rings. The summed E-state index contributed by atoms with van der Waals surface area (Å²) in [7, 11) is 1.59. The van der Waals surface area contributed by atoms with Gasteiger partial charge in [0.25, 0.3) is 0 Å². The first-order valence-electron chi connectivity index (χ1n) is 10.3. The highest BCUT2D eigenvalue weighted by Crippen LogP contribution is 2.36. The number of fused-ring (bicyclic) bond motifs is 2. The number of halogens is 3. The van der Waals surface area contributed by atoms with Gasteiger partial charge in [-0.1, -0.05) is 0 Å². The molecule has 2 bridgehead atoms. The second-order valence-corrected chi connectivity index (χ2v) is 10.4. The lowest BCUT2D eigenvalue weighted by molar-refractivity contribution is -0.198. The molecule has 3 aliphatic rings. The second-order valence-electron chi connectivity index (χ2n) is 10.4. The molecule has 4 nitrogen and oxygen atoms in total. The third kappa shape index (κ3) is 4.46. The van der Waals surface area contributed by atoms with Gasteiger partial charge in [-0.3, -0.25) is 19.6 Å². The van der Waals surface area contributed by atoms with Crippen LogP contribution in [0.15, 0.2) is 0 Å². The van der Waals surface area contributed by atoms with Crippen molar-refractivity contribution in [2.45, 2.75) is 82.8 Å². The minimum atomic E-state index is -4.16. The normalized spacial score (nSPS) is 32.6. The predicted octanol–water partition coefficient (Wildman–Crippen LogP) is 2.89. The van der Waals surface area contributed by atoms with Crippen LogP contribution in [0.3, 0.4) is 0 Å². The van der Waals surface area contributed by atoms with Crippen LogP contribution in [0, 0.1) is 0 Å². The maximum Gasteiger partial charge on any atom is 0.405 e. The summed E-state index contributed by atoms with van der Waals surface area (Å²) in [6.45, 7) is 15.5. The lowest BCUT2D eigenvalue weighted by Crippen LogP contribution is -2.62. The van der Waals surface area contributed by atoms with Gasteiger partial charge in [0, 0.05) is 62.4 Å². The van der Waals surface area contributed by atoms with E-state index in [9.17, 15) is 13.2 Å². The van der Waals surface area contributed by atoms with Crippen LogP contribution in [0.1, 0.15) is 47.5 Å². The van der Waals surface area contributed by atoms with Crippen LogP contribution < -0.4 is 0 Å². The molecule has 0 saturated carbocycles. The topological polar surface area (TPSA) is 13.0 Å². The van der Waals surface area contributed by atoms with E-state index >= 15 is 0 Å². The molecule has 0 spiro atoms. The fraction of sp³-hybridized carbons (Fsp3) is 1.00. The van der Waals surface area contributed by atoms with E-state index in [1.807, 2.05) is 0 Å². The van der Waals surface area contributed by atoms with Gasteiger partial charge in [0.15, 0.2) is 0 Å². The summed E-state index contributed by atoms with van der Waals surface area (Å²) in [6, 6.07) is -0.106. The van der Waals surface area contributed by atoms with Crippen LogP contribution in [0.25, 0.3) is 0 Å². The molecule has 0 aromatic carbocycles. The van der Waals surface area contributed by atoms with E-state index < -0.39 is 12.2 Å². The van der Waals surface area contributed by atoms with Crippen LogP contribution in [0.5, 0.6) is 0 Å². The van der Waals surface area contributed by atoms with Crippen molar-refractivity contribution in [3.63, 3.8) is 0 Å². The highest BCUT2D eigenvalue weighted by Gasteiger charge is 2.49. The molecule has 27 heavy (non-hydrogen) atoms. The van der Waals surface area contributed by atoms with Crippen LogP contribution in [0.2, 0.25) is 0 Å². The molecule has 0 aliphatic carbocycles. The van der Waals surface area contributed by atoms with Crippen LogP contribution >= 0.6 is 0 Å². The van der Waals surface area contributed by atoms with Crippen molar-refractivity contribution in [1.82, 2.24) is 19.6 Å². The Labute approximate surface area is 162 Å². The number of nitrogens with zero attached hydrogens (tertiary/aromatic N) is 4. The van der Waals surface area contributed by atoms with E-state index in [4.69, 9.17) is 0 Å². The number of likely N-dealkylation sites (N-methyl/N-ethyl adjacent to an activating group) is 1. The quantitative estimate of drug-likeness (QED) is 0.732. The smallest absolute Gasteiger partial charge is 0.297 e. The molecular weight excluding hydrogens is 353 g/mol. The molecule has 0 aromatic heterocycles. The standard InChI is InChI=1S/C20H37F3N4/c1-18(2,3)27-13-15-11-16(27)12-25(15)8-7-19(4,5)26-10-9-24(6)17(14-26)20(21,22)23/h15-17H,7-14H2,1-6H3/t15-,16-,17?/m0/s1. The van der Waals surface area contributed by atoms with Crippen molar-refractivity contribution in [3.05, 3.63) is 0 Å². The Morgan fingerprint density at radius 1 is 0.889 bits per heavy atom. The highest BCUT2D eigenvalue weighted by molar-refractivity contribution is 5.04. The summed E-state index contributed by atoms with van der Waals surface area (Å²) >= 11 is 0. The van der Waals surface area contributed by atoms with Crippen molar-refractivity contribution < 1.29 is 13.2 Å². The van der Waals surface area contributed by atoms with Crippen molar-refractivity contribution in [3.8, 4) is 0 Å². The highest BCUT2D eigenvalue weighted by atomic mass is 19.4. The first-order chi connectivity index (χ1) is 12.3. The Balaban J connectivity index is 1.54. The second kappa shape index (κ2) is 7.15. The zero-order chi connectivity index (χ0) is 20.2. The zero-order valence-corrected chi connectivity index (χ0v) is 17.8. The third-order valence-electron chi connectivity index (χ3n) is 7.11. The van der Waals surface area contributed by atoms with E-state index in [-0.39, 0.29) is 17.6 Å². The minimum absolute atomic E-state index is 0.0802. The number of hydrogen-bond donors (Lipinski definition) is 0. The summed E-state index contributed by atoms with van der Waals surface area (Å²) < 4.78 is 40.0. The SMILES string of the molecule is CN1CCN(C(C)(C)CCN2C[C@@H]3C[C@H]2CN3C(C)(C)C)CC1C(F)(F)F. The fourth-order valence-electron chi connectivity index (χ4n) is 5.20. The molecule has 3 saturated heterocycles. The molecule has 3 rings (SSSR count). The monoisotopic (exact) mass is 390 g/mol. The number of hydrogen-bond acceptors (Lipinski definition) is 4. The molecule has 0 amide bonds. The van der Waals surface area contributed by atoms with Crippen molar-refractivity contribution in [1.29, 1.82) is 0 Å². The predicted molar refractivity (Wildman–Crippen MR) is 103 cm³/mol. The molecule has 0 N–H and O–H groups in total. The van der Waals surface area contributed by atoms with Crippen molar-refractivity contribution in [2.24, 2.45) is 0 Å². The largest absolute Gasteiger partial charge is 0.405 e. The van der Waals surface area contributed by atoms with Gasteiger partial charge in [-0.2, -0.15) is 13.2 Å². The van der Waals surface area contributed by atoms with Gasteiger partial charge >= 0.3 is 6.18 Å². The average molecular weight is 391 g/mol. The van der Waals surface area contributed by atoms with Gasteiger partial charge in [-0.15, -0.1) is 0 Å². The van der Waals surface area contributed by atoms with Crippen molar-refractivity contribution >= 4 is 0 Å². The number of piperazine rings is 2. The Bertz CT molecular complexity index is 528. The summed E-state index contributed by atoms with van der Waals surface area (Å²) in [6.07, 6.45) is -2.00. The first-order valence-corrected chi connectivity index (χ1v) is 10.3. The molecule has 7 heteroatoms. The number of rotatable bonds is 4. The zero-order valence-electron chi connectivity index (χ0n) is 17.8.